The molecule has 0 aliphatic carbocycles. The number of nitrogens with zero attached hydrogens (tertiary/aromatic N) is 3. The van der Waals surface area contributed by atoms with Gasteiger partial charge in [-0.25, -0.2) is 0 Å². The van der Waals surface area contributed by atoms with Crippen molar-refractivity contribution in [2.24, 2.45) is 0 Å². The fourth-order valence-corrected chi connectivity index (χ4v) is 2.17. The third-order valence-electron chi connectivity index (χ3n) is 2.80. The van der Waals surface area contributed by atoms with Crippen LogP contribution in [0.2, 0.25) is 5.02 Å². The molecule has 3 rings (SSSR count). The number of rotatable bonds is 2. The van der Waals surface area contributed by atoms with Gasteiger partial charge >= 0.3 is 0 Å². The Balaban J connectivity index is 2.12. The number of halogens is 1. The first-order chi connectivity index (χ1) is 8.86. The van der Waals surface area contributed by atoms with Gasteiger partial charge in [0.15, 0.2) is 0 Å². The van der Waals surface area contributed by atoms with E-state index in [-0.39, 0.29) is 0 Å². The van der Waals surface area contributed by atoms with Crippen molar-refractivity contribution in [3.05, 3.63) is 54.3 Å². The van der Waals surface area contributed by atoms with Crippen molar-refractivity contribution < 1.29 is 0 Å². The summed E-state index contributed by atoms with van der Waals surface area (Å²) in [6.45, 7) is 0.750. The van der Waals surface area contributed by atoms with Gasteiger partial charge < -0.3 is 10.2 Å². The molecule has 2 aromatic rings. The molecule has 1 N–H and O–H groups in total. The summed E-state index contributed by atoms with van der Waals surface area (Å²) < 4.78 is 0. The molecule has 0 saturated carbocycles. The fourth-order valence-electron chi connectivity index (χ4n) is 1.95. The number of hydrogen-bond donors (Lipinski definition) is 1. The van der Waals surface area contributed by atoms with E-state index in [4.69, 9.17) is 11.6 Å². The van der Waals surface area contributed by atoms with Crippen LogP contribution in [0.1, 0.15) is 0 Å². The van der Waals surface area contributed by atoms with Crippen LogP contribution in [0.5, 0.6) is 0 Å². The summed E-state index contributed by atoms with van der Waals surface area (Å²) >= 11 is 6.19. The van der Waals surface area contributed by atoms with Crippen LogP contribution in [0, 0.1) is 0 Å². The normalized spacial score (nSPS) is 13.7. The summed E-state index contributed by atoms with van der Waals surface area (Å²) in [5.74, 6) is 0. The van der Waals surface area contributed by atoms with Gasteiger partial charge in [-0.1, -0.05) is 11.6 Å². The smallest absolute Gasteiger partial charge is 0.0916 e. The van der Waals surface area contributed by atoms with Crippen LogP contribution in [0.25, 0.3) is 11.1 Å². The third-order valence-corrected chi connectivity index (χ3v) is 3.11. The van der Waals surface area contributed by atoms with Gasteiger partial charge in [0, 0.05) is 48.3 Å². The summed E-state index contributed by atoms with van der Waals surface area (Å²) in [6.07, 6.45) is 10.9. The largest absolute Gasteiger partial charge is 0.372 e. The first-order valence-corrected chi connectivity index (χ1v) is 5.94. The topological polar surface area (TPSA) is 41.1 Å². The van der Waals surface area contributed by atoms with Gasteiger partial charge in [-0.05, 0) is 12.1 Å². The minimum absolute atomic E-state index is 0.628. The summed E-state index contributed by atoms with van der Waals surface area (Å²) in [7, 11) is 0. The molecule has 1 aliphatic rings. The Labute approximate surface area is 110 Å². The van der Waals surface area contributed by atoms with Gasteiger partial charge in [-0.2, -0.15) is 0 Å². The van der Waals surface area contributed by atoms with Crippen molar-refractivity contribution in [2.75, 3.05) is 11.6 Å². The number of hydrogen-bond acceptors (Lipinski definition) is 4. The molecular formula is C13H11ClN4. The maximum absolute atomic E-state index is 6.19. The molecule has 0 fully saturated rings. The van der Waals surface area contributed by atoms with Gasteiger partial charge in [0.25, 0.3) is 0 Å². The van der Waals surface area contributed by atoms with Gasteiger partial charge in [0.05, 0.1) is 17.4 Å². The molecule has 0 radical (unpaired) electrons. The quantitative estimate of drug-likeness (QED) is 0.899. The van der Waals surface area contributed by atoms with E-state index in [0.29, 0.717) is 5.02 Å². The average Bonchev–Trinajstić information content (AvgIpc) is 2.93. The van der Waals surface area contributed by atoms with Gasteiger partial charge in [-0.3, -0.25) is 9.97 Å². The molecule has 0 bridgehead atoms. The maximum atomic E-state index is 6.19. The lowest BCUT2D eigenvalue weighted by atomic mass is 10.1. The molecular weight excluding hydrogens is 248 g/mol. The Morgan fingerprint density at radius 1 is 1.11 bits per heavy atom. The molecule has 4 nitrogen and oxygen atoms in total. The molecule has 0 amide bonds. The summed E-state index contributed by atoms with van der Waals surface area (Å²) in [5, 5.41) is 3.77. The SMILES string of the molecule is Clc1cnccc1-c1cnccc1N1C=CNC1. The van der Waals surface area contributed by atoms with E-state index in [1.807, 2.05) is 30.7 Å². The number of nitrogens with one attached hydrogen (secondary N) is 1. The minimum atomic E-state index is 0.628. The van der Waals surface area contributed by atoms with E-state index < -0.39 is 0 Å². The van der Waals surface area contributed by atoms with Crippen LogP contribution in [0.4, 0.5) is 5.69 Å². The van der Waals surface area contributed by atoms with Crippen molar-refractivity contribution in [3.63, 3.8) is 0 Å². The van der Waals surface area contributed by atoms with E-state index in [9.17, 15) is 0 Å². The number of aromatic nitrogens is 2. The van der Waals surface area contributed by atoms with E-state index in [0.717, 1.165) is 23.5 Å². The molecule has 1 aliphatic heterocycles. The fraction of sp³-hybridized carbons (Fsp3) is 0.0769. The lowest BCUT2D eigenvalue weighted by Crippen LogP contribution is -2.20. The lowest BCUT2D eigenvalue weighted by molar-refractivity contribution is 0.900. The second-order valence-electron chi connectivity index (χ2n) is 3.90. The molecule has 0 saturated heterocycles. The standard InChI is InChI=1S/C13H11ClN4/c14-12-8-16-3-1-10(12)11-7-15-4-2-13(11)18-6-5-17-9-18/h1-8,17H,9H2. The van der Waals surface area contributed by atoms with Crippen LogP contribution in [-0.4, -0.2) is 16.6 Å². The minimum Gasteiger partial charge on any atom is -0.372 e. The Hall–Kier alpha value is -2.07. The highest BCUT2D eigenvalue weighted by molar-refractivity contribution is 6.33. The van der Waals surface area contributed by atoms with Crippen molar-refractivity contribution in [2.45, 2.75) is 0 Å². The molecule has 5 heteroatoms. The monoisotopic (exact) mass is 258 g/mol. The lowest BCUT2D eigenvalue weighted by Gasteiger charge is -2.19. The summed E-state index contributed by atoms with van der Waals surface area (Å²) in [5.41, 5.74) is 3.01. The van der Waals surface area contributed by atoms with E-state index in [1.165, 1.54) is 0 Å². The molecule has 2 aromatic heterocycles. The maximum Gasteiger partial charge on any atom is 0.0916 e. The summed E-state index contributed by atoms with van der Waals surface area (Å²) in [6, 6.07) is 3.87. The predicted molar refractivity (Wildman–Crippen MR) is 72.1 cm³/mol. The molecule has 3 heterocycles. The number of pyridine rings is 2. The first kappa shape index (κ1) is 11.0. The van der Waals surface area contributed by atoms with Crippen LogP contribution in [0.3, 0.4) is 0 Å². The summed E-state index contributed by atoms with van der Waals surface area (Å²) in [4.78, 5) is 10.3. The second kappa shape index (κ2) is 4.66. The third kappa shape index (κ3) is 1.91. The van der Waals surface area contributed by atoms with E-state index >= 15 is 0 Å². The van der Waals surface area contributed by atoms with Gasteiger partial charge in [-0.15, -0.1) is 0 Å². The van der Waals surface area contributed by atoms with E-state index in [1.54, 1.807) is 18.6 Å². The molecule has 0 atom stereocenters. The van der Waals surface area contributed by atoms with Crippen LogP contribution in [0.15, 0.2) is 49.3 Å². The molecule has 0 aromatic carbocycles. The zero-order valence-electron chi connectivity index (χ0n) is 9.55. The first-order valence-electron chi connectivity index (χ1n) is 5.57. The average molecular weight is 259 g/mol. The number of anilines is 1. The van der Waals surface area contributed by atoms with Crippen LogP contribution in [-0.2, 0) is 0 Å². The Bertz CT molecular complexity index is 597. The molecule has 18 heavy (non-hydrogen) atoms. The van der Waals surface area contributed by atoms with Crippen molar-refractivity contribution in [1.29, 1.82) is 0 Å². The second-order valence-corrected chi connectivity index (χ2v) is 4.30. The Morgan fingerprint density at radius 2 is 1.94 bits per heavy atom. The van der Waals surface area contributed by atoms with Crippen LogP contribution < -0.4 is 10.2 Å². The van der Waals surface area contributed by atoms with Crippen LogP contribution >= 0.6 is 11.6 Å². The highest BCUT2D eigenvalue weighted by atomic mass is 35.5. The molecule has 0 spiro atoms. The zero-order valence-corrected chi connectivity index (χ0v) is 10.3. The van der Waals surface area contributed by atoms with Crippen molar-refractivity contribution in [3.8, 4) is 11.1 Å². The molecule has 90 valence electrons. The Kier molecular flexibility index (Phi) is 2.86. The molecule has 0 unspecified atom stereocenters. The predicted octanol–water partition coefficient (Wildman–Crippen LogP) is 2.64. The van der Waals surface area contributed by atoms with Gasteiger partial charge in [0.2, 0.25) is 0 Å². The zero-order chi connectivity index (χ0) is 12.4. The van der Waals surface area contributed by atoms with E-state index in [2.05, 4.69) is 20.2 Å². The van der Waals surface area contributed by atoms with Crippen molar-refractivity contribution in [1.82, 2.24) is 15.3 Å². The Morgan fingerprint density at radius 3 is 2.72 bits per heavy atom. The highest BCUT2D eigenvalue weighted by Crippen LogP contribution is 2.34. The van der Waals surface area contributed by atoms with Crippen molar-refractivity contribution >= 4 is 17.3 Å². The highest BCUT2D eigenvalue weighted by Gasteiger charge is 2.14. The van der Waals surface area contributed by atoms with Gasteiger partial charge in [0.1, 0.15) is 0 Å².